The fraction of sp³-hybridized carbons (Fsp3) is 0.273. The molecule has 2 N–H and O–H groups in total. The highest BCUT2D eigenvalue weighted by atomic mass is 35.5. The lowest BCUT2D eigenvalue weighted by Crippen LogP contribution is -2.51. The van der Waals surface area contributed by atoms with E-state index >= 15 is 0 Å². The summed E-state index contributed by atoms with van der Waals surface area (Å²) in [5.74, 6) is -2.24. The number of aromatic nitrogens is 3. The molecule has 2 aromatic carbocycles. The van der Waals surface area contributed by atoms with Gasteiger partial charge < -0.3 is 5.11 Å². The van der Waals surface area contributed by atoms with E-state index in [-0.39, 0.29) is 17.9 Å². The monoisotopic (exact) mass is 496 g/mol. The van der Waals surface area contributed by atoms with Crippen molar-refractivity contribution in [3.63, 3.8) is 0 Å². The lowest BCUT2D eigenvalue weighted by atomic mass is 10.1. The van der Waals surface area contributed by atoms with Crippen LogP contribution in [0.4, 0.5) is 18.9 Å². The van der Waals surface area contributed by atoms with Gasteiger partial charge >= 0.3 is 23.5 Å². The number of carboxylic acid groups (broad SMARTS) is 1. The van der Waals surface area contributed by atoms with E-state index in [1.165, 1.54) is 13.0 Å². The Balaban J connectivity index is 2.23. The van der Waals surface area contributed by atoms with Gasteiger partial charge in [0, 0.05) is 6.54 Å². The van der Waals surface area contributed by atoms with Crippen LogP contribution in [0.25, 0.3) is 0 Å². The minimum atomic E-state index is -4.73. The maximum atomic E-state index is 13.2. The molecule has 3 aromatic rings. The normalized spacial score (nSPS) is 13.2. The molecule has 0 unspecified atom stereocenters. The van der Waals surface area contributed by atoms with Gasteiger partial charge in [-0.15, -0.1) is 0 Å². The van der Waals surface area contributed by atoms with Crippen LogP contribution >= 0.6 is 11.6 Å². The van der Waals surface area contributed by atoms with Crippen molar-refractivity contribution >= 4 is 23.3 Å². The zero-order valence-corrected chi connectivity index (χ0v) is 18.8. The fourth-order valence-corrected chi connectivity index (χ4v) is 3.32. The highest BCUT2D eigenvalue weighted by Crippen LogP contribution is 2.36. The Morgan fingerprint density at radius 2 is 1.79 bits per heavy atom. The highest BCUT2D eigenvalue weighted by Gasteiger charge is 2.33. The summed E-state index contributed by atoms with van der Waals surface area (Å²) in [5, 5.41) is 8.64. The predicted molar refractivity (Wildman–Crippen MR) is 118 cm³/mol. The van der Waals surface area contributed by atoms with E-state index < -0.39 is 46.6 Å². The van der Waals surface area contributed by atoms with Crippen LogP contribution in [0.5, 0.6) is 0 Å². The van der Waals surface area contributed by atoms with Crippen molar-refractivity contribution < 1.29 is 23.1 Å². The van der Waals surface area contributed by atoms with E-state index in [0.29, 0.717) is 11.6 Å². The number of hydrogen-bond acceptors (Lipinski definition) is 4. The summed E-state index contributed by atoms with van der Waals surface area (Å²) in [6.07, 6.45) is -4.73. The number of aromatic amines is 1. The zero-order valence-electron chi connectivity index (χ0n) is 18.1. The van der Waals surface area contributed by atoms with Crippen LogP contribution in [0.15, 0.2) is 57.0 Å². The molecule has 3 rings (SSSR count). The van der Waals surface area contributed by atoms with Crippen molar-refractivity contribution in [1.82, 2.24) is 14.1 Å². The van der Waals surface area contributed by atoms with Crippen LogP contribution < -0.4 is 17.0 Å². The van der Waals surface area contributed by atoms with Crippen LogP contribution in [0, 0.1) is 12.8 Å². The van der Waals surface area contributed by atoms with Crippen molar-refractivity contribution in [3.8, 4) is 0 Å². The second kappa shape index (κ2) is 9.72. The predicted octanol–water partition coefficient (Wildman–Crippen LogP) is 3.32. The first-order valence-corrected chi connectivity index (χ1v) is 10.4. The number of aryl methyl sites for hydroxylation is 1. The molecular formula is C22H20ClF3N4O4. The van der Waals surface area contributed by atoms with Gasteiger partial charge in [-0.3, -0.25) is 14.3 Å². The third-order valence-electron chi connectivity index (χ3n) is 5.01. The minimum Gasteiger partial charge on any atom is -0.481 e. The maximum absolute atomic E-state index is 13.2. The average Bonchev–Trinajstić information content (AvgIpc) is 2.75. The lowest BCUT2D eigenvalue weighted by Gasteiger charge is -2.13. The van der Waals surface area contributed by atoms with Gasteiger partial charge in [0.05, 0.1) is 28.7 Å². The maximum Gasteiger partial charge on any atom is 0.417 e. The highest BCUT2D eigenvalue weighted by molar-refractivity contribution is 6.31. The summed E-state index contributed by atoms with van der Waals surface area (Å²) in [4.78, 5) is 43.4. The minimum absolute atomic E-state index is 0.0735. The largest absolute Gasteiger partial charge is 0.481 e. The van der Waals surface area contributed by atoms with Gasteiger partial charge in [-0.2, -0.15) is 13.2 Å². The van der Waals surface area contributed by atoms with Gasteiger partial charge in [0.25, 0.3) is 0 Å². The first-order valence-electron chi connectivity index (χ1n) is 10.0. The summed E-state index contributed by atoms with van der Waals surface area (Å²) < 4.78 is 41.5. The fourth-order valence-electron chi connectivity index (χ4n) is 3.10. The molecule has 0 radical (unpaired) electrons. The molecule has 0 aliphatic heterocycles. The van der Waals surface area contributed by atoms with Gasteiger partial charge in [0.15, 0.2) is 0 Å². The summed E-state index contributed by atoms with van der Waals surface area (Å²) in [7, 11) is 0. The second-order valence-corrected chi connectivity index (χ2v) is 8.14. The number of rotatable bonds is 6. The van der Waals surface area contributed by atoms with Crippen molar-refractivity contribution in [2.24, 2.45) is 10.9 Å². The smallest absolute Gasteiger partial charge is 0.417 e. The molecule has 0 bridgehead atoms. The van der Waals surface area contributed by atoms with Gasteiger partial charge in [-0.05, 0) is 30.7 Å². The molecule has 1 heterocycles. The van der Waals surface area contributed by atoms with Crippen LogP contribution in [0.2, 0.25) is 5.02 Å². The molecule has 0 aliphatic carbocycles. The molecule has 8 nitrogen and oxygen atoms in total. The summed E-state index contributed by atoms with van der Waals surface area (Å²) in [6, 6.07) is 10.0. The Hall–Kier alpha value is -3.60. The average molecular weight is 497 g/mol. The SMILES string of the molecule is Cc1ccc(Cn2c(=O)n(C[C@H](C)C(=O)O)c(=O)[nH]/c2=N\c2ccc(Cl)c(C(F)(F)F)c2)cc1. The molecule has 0 saturated heterocycles. The summed E-state index contributed by atoms with van der Waals surface area (Å²) >= 11 is 5.65. The number of nitrogens with one attached hydrogen (secondary N) is 1. The first kappa shape index (κ1) is 25.0. The topological polar surface area (TPSA) is 109 Å². The number of carbonyl (C=O) groups is 1. The zero-order chi connectivity index (χ0) is 25.2. The number of alkyl halides is 3. The lowest BCUT2D eigenvalue weighted by molar-refractivity contribution is -0.141. The third-order valence-corrected chi connectivity index (χ3v) is 5.34. The number of H-pyrrole nitrogens is 1. The van der Waals surface area contributed by atoms with Crippen LogP contribution in [0.3, 0.4) is 0 Å². The van der Waals surface area contributed by atoms with Crippen LogP contribution in [-0.4, -0.2) is 25.2 Å². The van der Waals surface area contributed by atoms with Crippen molar-refractivity contribution in [1.29, 1.82) is 0 Å². The van der Waals surface area contributed by atoms with Crippen molar-refractivity contribution in [2.45, 2.75) is 33.1 Å². The number of aliphatic carboxylic acids is 1. The number of carboxylic acids is 1. The number of halogens is 4. The molecule has 1 atom stereocenters. The van der Waals surface area contributed by atoms with Gasteiger partial charge in [0.1, 0.15) is 0 Å². The summed E-state index contributed by atoms with van der Waals surface area (Å²) in [5.41, 5.74) is -1.80. The van der Waals surface area contributed by atoms with E-state index in [0.717, 1.165) is 20.8 Å². The van der Waals surface area contributed by atoms with Crippen LogP contribution in [0.1, 0.15) is 23.6 Å². The molecule has 180 valence electrons. The number of nitrogens with zero attached hydrogens (tertiary/aromatic N) is 3. The van der Waals surface area contributed by atoms with Crippen LogP contribution in [-0.2, 0) is 24.1 Å². The van der Waals surface area contributed by atoms with E-state index in [1.54, 1.807) is 24.3 Å². The van der Waals surface area contributed by atoms with Gasteiger partial charge in [-0.25, -0.2) is 19.1 Å². The molecule has 0 spiro atoms. The molecule has 0 amide bonds. The van der Waals surface area contributed by atoms with Gasteiger partial charge in [0.2, 0.25) is 5.62 Å². The van der Waals surface area contributed by atoms with E-state index in [4.69, 9.17) is 16.7 Å². The number of hydrogen-bond donors (Lipinski definition) is 2. The Kier molecular flexibility index (Phi) is 7.15. The Bertz CT molecular complexity index is 1410. The van der Waals surface area contributed by atoms with Crippen molar-refractivity contribution in [2.75, 3.05) is 0 Å². The molecule has 1 aromatic heterocycles. The molecule has 0 aliphatic rings. The standard InChI is InChI=1S/C22H20ClF3N4O4/c1-12-3-5-14(6-4-12)11-29-19(27-15-7-8-17(23)16(9-15)22(24,25)26)28-20(33)30(21(29)34)10-13(2)18(31)32/h3-9,13H,10-11H2,1-2H3,(H,31,32)(H,27,28,33)/t13-/m0/s1. The van der Waals surface area contributed by atoms with Gasteiger partial charge in [-0.1, -0.05) is 48.4 Å². The molecule has 0 fully saturated rings. The molecular weight excluding hydrogens is 477 g/mol. The van der Waals surface area contributed by atoms with E-state index in [1.807, 2.05) is 6.92 Å². The Labute approximate surface area is 195 Å². The second-order valence-electron chi connectivity index (χ2n) is 7.73. The quantitative estimate of drug-likeness (QED) is 0.545. The molecule has 12 heteroatoms. The molecule has 0 saturated carbocycles. The van der Waals surface area contributed by atoms with E-state index in [9.17, 15) is 27.6 Å². The Morgan fingerprint density at radius 1 is 1.15 bits per heavy atom. The first-order chi connectivity index (χ1) is 15.9. The number of benzene rings is 2. The summed E-state index contributed by atoms with van der Waals surface area (Å²) in [6.45, 7) is 2.73. The molecule has 34 heavy (non-hydrogen) atoms. The Morgan fingerprint density at radius 3 is 2.38 bits per heavy atom. The van der Waals surface area contributed by atoms with E-state index in [2.05, 4.69) is 9.98 Å². The van der Waals surface area contributed by atoms with Crippen molar-refractivity contribution in [3.05, 3.63) is 90.8 Å². The third kappa shape index (κ3) is 5.66.